The van der Waals surface area contributed by atoms with Gasteiger partial charge in [0.1, 0.15) is 12.3 Å². The van der Waals surface area contributed by atoms with Gasteiger partial charge < -0.3 is 25.0 Å². The first-order chi connectivity index (χ1) is 16.9. The Hall–Kier alpha value is -4.14. The molecule has 1 aliphatic rings. The quantitative estimate of drug-likeness (QED) is 0.412. The lowest BCUT2D eigenvalue weighted by Crippen LogP contribution is -2.33. The number of carbonyl (C=O) groups is 3. The molecule has 4 rings (SSSR count). The number of hydrogen-bond acceptors (Lipinski definition) is 5. The second-order valence-electron chi connectivity index (χ2n) is 8.56. The molecule has 0 saturated heterocycles. The monoisotopic (exact) mass is 476 g/mol. The first kappa shape index (κ1) is 24.0. The molecule has 9 nitrogen and oxygen atoms in total. The Labute approximate surface area is 203 Å². The molecular formula is C26H28N4O5. The van der Waals surface area contributed by atoms with E-state index in [4.69, 9.17) is 9.84 Å². The van der Waals surface area contributed by atoms with Crippen LogP contribution in [0.3, 0.4) is 0 Å². The number of ether oxygens (including phenoxy) is 1. The number of alkyl carbamates (subject to hydrolysis) is 1. The highest BCUT2D eigenvalue weighted by atomic mass is 16.5. The predicted molar refractivity (Wildman–Crippen MR) is 129 cm³/mol. The molecule has 0 saturated carbocycles. The average molecular weight is 477 g/mol. The van der Waals surface area contributed by atoms with E-state index in [0.717, 1.165) is 11.1 Å². The molecule has 2 aromatic carbocycles. The fourth-order valence-electron chi connectivity index (χ4n) is 4.25. The lowest BCUT2D eigenvalue weighted by Gasteiger charge is -2.14. The molecule has 3 aromatic rings. The highest BCUT2D eigenvalue weighted by Crippen LogP contribution is 2.44. The molecule has 35 heavy (non-hydrogen) atoms. The third-order valence-electron chi connectivity index (χ3n) is 6.02. The molecule has 3 N–H and O–H groups in total. The summed E-state index contributed by atoms with van der Waals surface area (Å²) in [6.07, 6.45) is 2.91. The van der Waals surface area contributed by atoms with Gasteiger partial charge in [-0.2, -0.15) is 0 Å². The predicted octanol–water partition coefficient (Wildman–Crippen LogP) is 3.40. The van der Waals surface area contributed by atoms with E-state index in [2.05, 4.69) is 39.9 Å². The zero-order valence-electron chi connectivity index (χ0n) is 19.4. The number of aliphatic carboxylic acids is 1. The van der Waals surface area contributed by atoms with E-state index in [1.54, 1.807) is 17.7 Å². The van der Waals surface area contributed by atoms with Crippen molar-refractivity contribution in [2.45, 2.75) is 38.3 Å². The Balaban J connectivity index is 1.23. The number of amides is 2. The van der Waals surface area contributed by atoms with Gasteiger partial charge in [-0.25, -0.2) is 9.78 Å². The molecule has 182 valence electrons. The number of carboxylic acid groups (broad SMARTS) is 1. The Bertz CT molecular complexity index is 1180. The lowest BCUT2D eigenvalue weighted by atomic mass is 9.98. The van der Waals surface area contributed by atoms with E-state index in [1.165, 1.54) is 17.5 Å². The number of benzene rings is 2. The van der Waals surface area contributed by atoms with Crippen molar-refractivity contribution < 1.29 is 24.2 Å². The first-order valence-corrected chi connectivity index (χ1v) is 11.6. The second-order valence-corrected chi connectivity index (χ2v) is 8.56. The van der Waals surface area contributed by atoms with Crippen LogP contribution in [0.5, 0.6) is 0 Å². The van der Waals surface area contributed by atoms with Gasteiger partial charge in [0.2, 0.25) is 0 Å². The van der Waals surface area contributed by atoms with Gasteiger partial charge in [0.05, 0.1) is 6.33 Å². The average Bonchev–Trinajstić information content (AvgIpc) is 3.44. The number of nitrogens with zero attached hydrogens (tertiary/aromatic N) is 2. The number of imidazole rings is 1. The van der Waals surface area contributed by atoms with Crippen LogP contribution < -0.4 is 10.6 Å². The van der Waals surface area contributed by atoms with Crippen molar-refractivity contribution in [3.05, 3.63) is 77.9 Å². The largest absolute Gasteiger partial charge is 0.481 e. The van der Waals surface area contributed by atoms with E-state index in [0.29, 0.717) is 19.5 Å². The van der Waals surface area contributed by atoms with Gasteiger partial charge in [0, 0.05) is 37.7 Å². The molecule has 0 bridgehead atoms. The van der Waals surface area contributed by atoms with Crippen LogP contribution in [0.15, 0.2) is 61.1 Å². The normalized spacial score (nSPS) is 12.9. The molecule has 1 atom stereocenters. The summed E-state index contributed by atoms with van der Waals surface area (Å²) in [7, 11) is 0. The number of fused-ring (bicyclic) bond motifs is 3. The van der Waals surface area contributed by atoms with Crippen LogP contribution in [0.25, 0.3) is 11.1 Å². The highest BCUT2D eigenvalue weighted by Gasteiger charge is 2.28. The summed E-state index contributed by atoms with van der Waals surface area (Å²) in [5.74, 6) is -1.27. The smallest absolute Gasteiger partial charge is 0.407 e. The Morgan fingerprint density at radius 1 is 1.09 bits per heavy atom. The number of carboxylic acids is 1. The number of aromatic nitrogens is 2. The summed E-state index contributed by atoms with van der Waals surface area (Å²) in [5, 5.41) is 14.2. The molecule has 9 heteroatoms. The molecule has 0 aliphatic heterocycles. The van der Waals surface area contributed by atoms with E-state index < -0.39 is 12.1 Å². The summed E-state index contributed by atoms with van der Waals surface area (Å²) in [6, 6.07) is 16.0. The molecule has 0 spiro atoms. The van der Waals surface area contributed by atoms with Crippen molar-refractivity contribution in [1.29, 1.82) is 0 Å². The van der Waals surface area contributed by atoms with Crippen molar-refractivity contribution >= 4 is 18.0 Å². The maximum atomic E-state index is 12.3. The van der Waals surface area contributed by atoms with Crippen molar-refractivity contribution in [3.8, 4) is 11.1 Å². The zero-order valence-corrected chi connectivity index (χ0v) is 19.4. The van der Waals surface area contributed by atoms with Gasteiger partial charge in [-0.05, 0) is 35.6 Å². The van der Waals surface area contributed by atoms with Crippen LogP contribution in [-0.2, 0) is 16.1 Å². The van der Waals surface area contributed by atoms with Crippen molar-refractivity contribution in [1.82, 2.24) is 20.2 Å². The van der Waals surface area contributed by atoms with Crippen LogP contribution >= 0.6 is 0 Å². The van der Waals surface area contributed by atoms with Gasteiger partial charge in [0.15, 0.2) is 0 Å². The number of rotatable bonds is 10. The fourth-order valence-corrected chi connectivity index (χ4v) is 4.25. The summed E-state index contributed by atoms with van der Waals surface area (Å²) >= 11 is 0. The SMILES string of the molecule is CC(CCC(=O)O)NC(=O)c1cn(CCNC(=O)OCC2c3ccccc3-c3ccccc32)cn1. The third kappa shape index (κ3) is 5.87. The summed E-state index contributed by atoms with van der Waals surface area (Å²) in [5.41, 5.74) is 4.89. The Kier molecular flexibility index (Phi) is 7.45. The minimum absolute atomic E-state index is 0.000703. The van der Waals surface area contributed by atoms with Gasteiger partial charge in [-0.1, -0.05) is 48.5 Å². The van der Waals surface area contributed by atoms with E-state index in [-0.39, 0.29) is 36.6 Å². The van der Waals surface area contributed by atoms with Gasteiger partial charge >= 0.3 is 12.1 Å². The van der Waals surface area contributed by atoms with E-state index in [9.17, 15) is 14.4 Å². The zero-order chi connectivity index (χ0) is 24.8. The minimum Gasteiger partial charge on any atom is -0.481 e. The van der Waals surface area contributed by atoms with Crippen LogP contribution in [0.1, 0.15) is 47.3 Å². The highest BCUT2D eigenvalue weighted by molar-refractivity contribution is 5.92. The van der Waals surface area contributed by atoms with Crippen molar-refractivity contribution in [2.24, 2.45) is 0 Å². The molecule has 1 unspecified atom stereocenters. The lowest BCUT2D eigenvalue weighted by molar-refractivity contribution is -0.137. The summed E-state index contributed by atoms with van der Waals surface area (Å²) in [6.45, 7) is 2.72. The maximum absolute atomic E-state index is 12.3. The molecule has 2 amide bonds. The van der Waals surface area contributed by atoms with Gasteiger partial charge in [-0.15, -0.1) is 0 Å². The van der Waals surface area contributed by atoms with Crippen molar-refractivity contribution in [2.75, 3.05) is 13.2 Å². The molecular weight excluding hydrogens is 448 g/mol. The van der Waals surface area contributed by atoms with E-state index in [1.807, 2.05) is 24.3 Å². The van der Waals surface area contributed by atoms with Gasteiger partial charge in [-0.3, -0.25) is 9.59 Å². The number of nitrogens with one attached hydrogen (secondary N) is 2. The molecule has 1 heterocycles. The first-order valence-electron chi connectivity index (χ1n) is 11.6. The maximum Gasteiger partial charge on any atom is 0.407 e. The minimum atomic E-state index is -0.903. The third-order valence-corrected chi connectivity index (χ3v) is 6.02. The van der Waals surface area contributed by atoms with Gasteiger partial charge in [0.25, 0.3) is 5.91 Å². The standard InChI is InChI=1S/C26H28N4O5/c1-17(10-11-24(31)32)29-25(33)23-14-30(16-28-23)13-12-27-26(34)35-15-22-20-8-4-2-6-18(20)19-7-3-5-9-21(19)22/h2-9,14,16-17,22H,10-13,15H2,1H3,(H,27,34)(H,29,33)(H,31,32). The number of hydrogen-bond donors (Lipinski definition) is 3. The molecule has 1 aromatic heterocycles. The molecule has 1 aliphatic carbocycles. The van der Waals surface area contributed by atoms with Crippen LogP contribution in [-0.4, -0.2) is 51.8 Å². The number of carbonyl (C=O) groups excluding carboxylic acids is 2. The summed E-state index contributed by atoms with van der Waals surface area (Å²) < 4.78 is 7.22. The molecule has 0 radical (unpaired) electrons. The van der Waals surface area contributed by atoms with Crippen LogP contribution in [0.2, 0.25) is 0 Å². The van der Waals surface area contributed by atoms with Crippen LogP contribution in [0, 0.1) is 0 Å². The second kappa shape index (κ2) is 10.9. The van der Waals surface area contributed by atoms with Crippen LogP contribution in [0.4, 0.5) is 4.79 Å². The van der Waals surface area contributed by atoms with E-state index >= 15 is 0 Å². The van der Waals surface area contributed by atoms with Crippen molar-refractivity contribution in [3.63, 3.8) is 0 Å². The Morgan fingerprint density at radius 2 is 1.74 bits per heavy atom. The fraction of sp³-hybridized carbons (Fsp3) is 0.308. The summed E-state index contributed by atoms with van der Waals surface area (Å²) in [4.78, 5) is 39.3. The topological polar surface area (TPSA) is 123 Å². The Morgan fingerprint density at radius 3 is 2.40 bits per heavy atom. The molecule has 0 fully saturated rings.